The molecule has 28 heavy (non-hydrogen) atoms. The summed E-state index contributed by atoms with van der Waals surface area (Å²) in [4.78, 5) is 23.9. The smallest absolute Gasteiger partial charge is 0.309 e. The maximum atomic E-state index is 14.2. The SMILES string of the molecule is CC.CC(C)(C)OC(=O)CC1(O)CCCN(c2ccc([N+](=O)[O-])cc2F)CC1. The first kappa shape index (κ1) is 23.8. The normalized spacial score (nSPS) is 19.9. The number of hydrogen-bond acceptors (Lipinski definition) is 6. The Labute approximate surface area is 165 Å². The molecule has 7 nitrogen and oxygen atoms in total. The predicted molar refractivity (Wildman–Crippen MR) is 106 cm³/mol. The van der Waals surface area contributed by atoms with Crippen molar-refractivity contribution < 1.29 is 24.0 Å². The van der Waals surface area contributed by atoms with Crippen molar-refractivity contribution in [2.24, 2.45) is 0 Å². The predicted octanol–water partition coefficient (Wildman–Crippen LogP) is 4.21. The van der Waals surface area contributed by atoms with E-state index in [1.165, 1.54) is 12.1 Å². The van der Waals surface area contributed by atoms with Crippen LogP contribution in [0.2, 0.25) is 0 Å². The van der Waals surface area contributed by atoms with Crippen molar-refractivity contribution in [3.8, 4) is 0 Å². The fraction of sp³-hybridized carbons (Fsp3) is 0.650. The van der Waals surface area contributed by atoms with Gasteiger partial charge in [-0.3, -0.25) is 14.9 Å². The number of benzene rings is 1. The summed E-state index contributed by atoms with van der Waals surface area (Å²) in [5.74, 6) is -1.13. The molecular weight excluding hydrogens is 367 g/mol. The van der Waals surface area contributed by atoms with E-state index in [1.54, 1.807) is 25.7 Å². The Kier molecular flexibility index (Phi) is 8.35. The number of carbonyl (C=O) groups is 1. The lowest BCUT2D eigenvalue weighted by Crippen LogP contribution is -2.36. The van der Waals surface area contributed by atoms with Gasteiger partial charge in [-0.05, 0) is 46.1 Å². The number of ether oxygens (including phenoxy) is 1. The van der Waals surface area contributed by atoms with Crippen molar-refractivity contribution in [1.82, 2.24) is 0 Å². The summed E-state index contributed by atoms with van der Waals surface area (Å²) in [6, 6.07) is 3.54. The number of anilines is 1. The molecular formula is C20H31FN2O5. The molecule has 1 aliphatic heterocycles. The monoisotopic (exact) mass is 398 g/mol. The largest absolute Gasteiger partial charge is 0.460 e. The van der Waals surface area contributed by atoms with E-state index in [0.29, 0.717) is 25.9 Å². The number of rotatable bonds is 4. The Hall–Kier alpha value is -2.22. The van der Waals surface area contributed by atoms with E-state index in [0.717, 1.165) is 6.07 Å². The number of nitrogens with zero attached hydrogens (tertiary/aromatic N) is 2. The second-order valence-electron chi connectivity index (χ2n) is 7.72. The molecule has 1 N–H and O–H groups in total. The van der Waals surface area contributed by atoms with E-state index in [9.17, 15) is 24.4 Å². The average molecular weight is 398 g/mol. The highest BCUT2D eigenvalue weighted by Gasteiger charge is 2.35. The van der Waals surface area contributed by atoms with Crippen LogP contribution in [0.1, 0.15) is 60.3 Å². The van der Waals surface area contributed by atoms with Crippen LogP contribution in [0.5, 0.6) is 0 Å². The van der Waals surface area contributed by atoms with Gasteiger partial charge in [0.2, 0.25) is 0 Å². The van der Waals surface area contributed by atoms with Crippen LogP contribution >= 0.6 is 0 Å². The molecule has 0 aromatic heterocycles. The van der Waals surface area contributed by atoms with E-state index >= 15 is 0 Å². The molecule has 8 heteroatoms. The van der Waals surface area contributed by atoms with Gasteiger partial charge in [-0.2, -0.15) is 0 Å². The van der Waals surface area contributed by atoms with Gasteiger partial charge in [0.05, 0.1) is 28.7 Å². The van der Waals surface area contributed by atoms with E-state index in [4.69, 9.17) is 4.74 Å². The Morgan fingerprint density at radius 3 is 2.50 bits per heavy atom. The third-order valence-electron chi connectivity index (χ3n) is 4.29. The number of non-ortho nitro benzene ring substituents is 1. The first-order valence-electron chi connectivity index (χ1n) is 9.62. The fourth-order valence-electron chi connectivity index (χ4n) is 3.11. The van der Waals surface area contributed by atoms with Crippen molar-refractivity contribution in [2.45, 2.75) is 71.5 Å². The zero-order valence-electron chi connectivity index (χ0n) is 17.3. The van der Waals surface area contributed by atoms with Crippen LogP contribution in [-0.4, -0.2) is 40.3 Å². The van der Waals surface area contributed by atoms with Crippen molar-refractivity contribution >= 4 is 17.3 Å². The number of aliphatic hydroxyl groups is 1. The lowest BCUT2D eigenvalue weighted by Gasteiger charge is -2.28. The van der Waals surface area contributed by atoms with Gasteiger partial charge in [0, 0.05) is 19.2 Å². The molecule has 1 aromatic carbocycles. The van der Waals surface area contributed by atoms with Crippen LogP contribution in [0.3, 0.4) is 0 Å². The maximum absolute atomic E-state index is 14.2. The molecule has 1 aromatic rings. The quantitative estimate of drug-likeness (QED) is 0.464. The Balaban J connectivity index is 0.00000190. The first-order valence-corrected chi connectivity index (χ1v) is 9.62. The zero-order chi connectivity index (χ0) is 21.5. The summed E-state index contributed by atoms with van der Waals surface area (Å²) >= 11 is 0. The van der Waals surface area contributed by atoms with Crippen molar-refractivity contribution in [2.75, 3.05) is 18.0 Å². The van der Waals surface area contributed by atoms with Crippen molar-refractivity contribution in [3.05, 3.63) is 34.1 Å². The van der Waals surface area contributed by atoms with Crippen molar-refractivity contribution in [3.63, 3.8) is 0 Å². The van der Waals surface area contributed by atoms with Crippen LogP contribution in [0.4, 0.5) is 15.8 Å². The van der Waals surface area contributed by atoms with E-state index in [2.05, 4.69) is 0 Å². The fourth-order valence-corrected chi connectivity index (χ4v) is 3.11. The van der Waals surface area contributed by atoms with Gasteiger partial charge in [0.15, 0.2) is 5.82 Å². The summed E-state index contributed by atoms with van der Waals surface area (Å²) in [7, 11) is 0. The molecule has 0 amide bonds. The highest BCUT2D eigenvalue weighted by molar-refractivity contribution is 5.71. The molecule has 0 spiro atoms. The average Bonchev–Trinajstić information content (AvgIpc) is 2.76. The summed E-state index contributed by atoms with van der Waals surface area (Å²) in [5.41, 5.74) is -1.86. The second-order valence-corrected chi connectivity index (χ2v) is 7.72. The minimum Gasteiger partial charge on any atom is -0.460 e. The number of carbonyl (C=O) groups excluding carboxylic acids is 1. The molecule has 2 rings (SSSR count). The number of halogens is 1. The second kappa shape index (κ2) is 9.82. The van der Waals surface area contributed by atoms with Gasteiger partial charge in [-0.15, -0.1) is 0 Å². The molecule has 1 heterocycles. The maximum Gasteiger partial charge on any atom is 0.309 e. The zero-order valence-corrected chi connectivity index (χ0v) is 17.3. The molecule has 1 fully saturated rings. The summed E-state index contributed by atoms with van der Waals surface area (Å²) in [6.07, 6.45) is 1.14. The number of esters is 1. The van der Waals surface area contributed by atoms with Crippen LogP contribution in [0, 0.1) is 15.9 Å². The van der Waals surface area contributed by atoms with Crippen LogP contribution in [0.15, 0.2) is 18.2 Å². The number of hydrogen-bond donors (Lipinski definition) is 1. The van der Waals surface area contributed by atoms with Crippen LogP contribution in [0.25, 0.3) is 0 Å². The topological polar surface area (TPSA) is 92.9 Å². The highest BCUT2D eigenvalue weighted by atomic mass is 19.1. The van der Waals surface area contributed by atoms with Crippen LogP contribution < -0.4 is 4.90 Å². The van der Waals surface area contributed by atoms with Crippen LogP contribution in [-0.2, 0) is 9.53 Å². The summed E-state index contributed by atoms with van der Waals surface area (Å²) in [6.45, 7) is 10.1. The molecule has 0 aliphatic carbocycles. The van der Waals surface area contributed by atoms with E-state index < -0.39 is 27.9 Å². The summed E-state index contributed by atoms with van der Waals surface area (Å²) in [5, 5.41) is 21.5. The van der Waals surface area contributed by atoms with Gasteiger partial charge in [0.25, 0.3) is 5.69 Å². The summed E-state index contributed by atoms with van der Waals surface area (Å²) < 4.78 is 19.5. The molecule has 1 aliphatic rings. The highest BCUT2D eigenvalue weighted by Crippen LogP contribution is 2.31. The Bertz CT molecular complexity index is 690. The van der Waals surface area contributed by atoms with Crippen molar-refractivity contribution in [1.29, 1.82) is 0 Å². The molecule has 0 bridgehead atoms. The van der Waals surface area contributed by atoms with Gasteiger partial charge in [0.1, 0.15) is 5.60 Å². The first-order chi connectivity index (χ1) is 13.0. The molecule has 0 radical (unpaired) electrons. The van der Waals surface area contributed by atoms with Gasteiger partial charge >= 0.3 is 5.97 Å². The Morgan fingerprint density at radius 2 is 1.96 bits per heavy atom. The molecule has 0 saturated carbocycles. The standard InChI is InChI=1S/C18H25FN2O5.C2H6/c1-17(2,3)26-16(22)12-18(23)7-4-9-20(10-8-18)15-6-5-13(21(24)25)11-14(15)19;1-2/h5-6,11,23H,4,7-10,12H2,1-3H3;1-2H3. The van der Waals surface area contributed by atoms with E-state index in [1.807, 2.05) is 13.8 Å². The van der Waals surface area contributed by atoms with Gasteiger partial charge in [-0.1, -0.05) is 13.8 Å². The minimum absolute atomic E-state index is 0.110. The lowest BCUT2D eigenvalue weighted by molar-refractivity contribution is -0.385. The molecule has 1 saturated heterocycles. The third kappa shape index (κ3) is 7.07. The number of nitro groups is 1. The van der Waals surface area contributed by atoms with Gasteiger partial charge < -0.3 is 14.7 Å². The third-order valence-corrected chi connectivity index (χ3v) is 4.29. The molecule has 1 unspecified atom stereocenters. The van der Waals surface area contributed by atoms with E-state index in [-0.39, 0.29) is 24.2 Å². The number of nitro benzene ring substituents is 1. The minimum atomic E-state index is -1.20. The Morgan fingerprint density at radius 1 is 1.32 bits per heavy atom. The molecule has 1 atom stereocenters. The lowest BCUT2D eigenvalue weighted by atomic mass is 9.91. The molecule has 158 valence electrons. The van der Waals surface area contributed by atoms with Gasteiger partial charge in [-0.25, -0.2) is 4.39 Å².